The fraction of sp³-hybridized carbons (Fsp3) is 0.133. The van der Waals surface area contributed by atoms with E-state index in [0.29, 0.717) is 0 Å². The summed E-state index contributed by atoms with van der Waals surface area (Å²) >= 11 is 0. The number of ether oxygens (including phenoxy) is 1. The Morgan fingerprint density at radius 1 is 1.00 bits per heavy atom. The summed E-state index contributed by atoms with van der Waals surface area (Å²) in [7, 11) is 0. The summed E-state index contributed by atoms with van der Waals surface area (Å²) < 4.78 is 5.43. The quantitative estimate of drug-likeness (QED) is 0.748. The molecule has 0 aliphatic heterocycles. The number of benzene rings is 2. The van der Waals surface area contributed by atoms with Crippen LogP contribution in [-0.2, 0) is 0 Å². The molecule has 0 fully saturated rings. The molecular weight excluding hydrogens is 212 g/mol. The monoisotopic (exact) mass is 226 g/mol. The van der Waals surface area contributed by atoms with Crippen LogP contribution in [0.4, 0.5) is 0 Å². The SMILES string of the molecule is Cc1ccccc1C(=O)COc1ccccc1. The van der Waals surface area contributed by atoms with E-state index in [1.165, 1.54) is 0 Å². The van der Waals surface area contributed by atoms with Gasteiger partial charge in [0, 0.05) is 5.56 Å². The van der Waals surface area contributed by atoms with Crippen molar-refractivity contribution in [3.63, 3.8) is 0 Å². The van der Waals surface area contributed by atoms with Crippen molar-refractivity contribution in [1.29, 1.82) is 0 Å². The number of hydrogen-bond donors (Lipinski definition) is 0. The van der Waals surface area contributed by atoms with E-state index in [0.717, 1.165) is 16.9 Å². The van der Waals surface area contributed by atoms with Gasteiger partial charge in [0.25, 0.3) is 0 Å². The highest BCUT2D eigenvalue weighted by atomic mass is 16.5. The van der Waals surface area contributed by atoms with Gasteiger partial charge in [-0.05, 0) is 24.6 Å². The van der Waals surface area contributed by atoms with Gasteiger partial charge < -0.3 is 4.74 Å². The van der Waals surface area contributed by atoms with E-state index in [1.54, 1.807) is 0 Å². The Balaban J connectivity index is 2.01. The second kappa shape index (κ2) is 5.30. The predicted octanol–water partition coefficient (Wildman–Crippen LogP) is 3.26. The molecule has 86 valence electrons. The average molecular weight is 226 g/mol. The van der Waals surface area contributed by atoms with Crippen molar-refractivity contribution in [2.45, 2.75) is 6.92 Å². The fourth-order valence-electron chi connectivity index (χ4n) is 1.63. The first kappa shape index (κ1) is 11.4. The summed E-state index contributed by atoms with van der Waals surface area (Å²) in [5.74, 6) is 0.724. The topological polar surface area (TPSA) is 26.3 Å². The van der Waals surface area contributed by atoms with Crippen molar-refractivity contribution in [2.24, 2.45) is 0 Å². The Morgan fingerprint density at radius 3 is 2.35 bits per heavy atom. The molecule has 0 aliphatic carbocycles. The third-order valence-electron chi connectivity index (χ3n) is 2.56. The molecule has 0 amide bonds. The van der Waals surface area contributed by atoms with Gasteiger partial charge in [0.15, 0.2) is 12.4 Å². The lowest BCUT2D eigenvalue weighted by molar-refractivity contribution is 0.0921. The second-order valence-electron chi connectivity index (χ2n) is 3.84. The van der Waals surface area contributed by atoms with Gasteiger partial charge in [0.1, 0.15) is 5.75 Å². The van der Waals surface area contributed by atoms with E-state index in [9.17, 15) is 4.79 Å². The van der Waals surface area contributed by atoms with E-state index in [2.05, 4.69) is 0 Å². The molecule has 0 radical (unpaired) electrons. The Bertz CT molecular complexity index is 503. The number of Topliss-reactive ketones (excluding diaryl/α,β-unsaturated/α-hetero) is 1. The Kier molecular flexibility index (Phi) is 3.55. The minimum absolute atomic E-state index is 0.00644. The molecule has 2 aromatic rings. The third-order valence-corrected chi connectivity index (χ3v) is 2.56. The van der Waals surface area contributed by atoms with Gasteiger partial charge in [-0.2, -0.15) is 0 Å². The molecule has 0 bridgehead atoms. The number of rotatable bonds is 4. The zero-order chi connectivity index (χ0) is 12.1. The van der Waals surface area contributed by atoms with Gasteiger partial charge in [0.2, 0.25) is 0 Å². The second-order valence-corrected chi connectivity index (χ2v) is 3.84. The first-order valence-corrected chi connectivity index (χ1v) is 5.54. The highest BCUT2D eigenvalue weighted by molar-refractivity contribution is 5.98. The molecule has 0 saturated carbocycles. The molecule has 0 N–H and O–H groups in total. The molecule has 0 aromatic heterocycles. The number of carbonyl (C=O) groups excluding carboxylic acids is 1. The van der Waals surface area contributed by atoms with Gasteiger partial charge in [-0.25, -0.2) is 0 Å². The van der Waals surface area contributed by atoms with Crippen LogP contribution < -0.4 is 4.74 Å². The van der Waals surface area contributed by atoms with Crippen molar-refractivity contribution < 1.29 is 9.53 Å². The summed E-state index contributed by atoms with van der Waals surface area (Å²) in [6, 6.07) is 16.9. The molecule has 17 heavy (non-hydrogen) atoms. The Morgan fingerprint density at radius 2 is 1.65 bits per heavy atom. The normalized spacial score (nSPS) is 9.94. The van der Waals surface area contributed by atoms with Gasteiger partial charge in [0.05, 0.1) is 0 Å². The molecule has 0 heterocycles. The zero-order valence-electron chi connectivity index (χ0n) is 9.72. The fourth-order valence-corrected chi connectivity index (χ4v) is 1.63. The van der Waals surface area contributed by atoms with Crippen LogP contribution >= 0.6 is 0 Å². The smallest absolute Gasteiger partial charge is 0.200 e. The maximum atomic E-state index is 11.9. The van der Waals surface area contributed by atoms with Crippen molar-refractivity contribution in [3.8, 4) is 5.75 Å². The van der Waals surface area contributed by atoms with Crippen LogP contribution in [0.3, 0.4) is 0 Å². The minimum Gasteiger partial charge on any atom is -0.485 e. The van der Waals surface area contributed by atoms with Crippen LogP contribution in [0.15, 0.2) is 54.6 Å². The van der Waals surface area contributed by atoms with Crippen LogP contribution in [0.25, 0.3) is 0 Å². The van der Waals surface area contributed by atoms with E-state index in [1.807, 2.05) is 61.5 Å². The molecule has 2 aromatic carbocycles. The molecule has 0 spiro atoms. The molecule has 0 atom stereocenters. The third kappa shape index (κ3) is 2.94. The molecule has 0 saturated heterocycles. The highest BCUT2D eigenvalue weighted by Crippen LogP contribution is 2.11. The van der Waals surface area contributed by atoms with Crippen molar-refractivity contribution in [1.82, 2.24) is 0 Å². The van der Waals surface area contributed by atoms with E-state index in [4.69, 9.17) is 4.74 Å². The molecule has 2 rings (SSSR count). The maximum Gasteiger partial charge on any atom is 0.200 e. The summed E-state index contributed by atoms with van der Waals surface area (Å²) in [5, 5.41) is 0. The summed E-state index contributed by atoms with van der Waals surface area (Å²) in [5.41, 5.74) is 1.71. The largest absolute Gasteiger partial charge is 0.485 e. The summed E-state index contributed by atoms with van der Waals surface area (Å²) in [6.07, 6.45) is 0. The van der Waals surface area contributed by atoms with Crippen LogP contribution in [0, 0.1) is 6.92 Å². The molecule has 0 aliphatic rings. The zero-order valence-corrected chi connectivity index (χ0v) is 9.72. The van der Waals surface area contributed by atoms with Crippen LogP contribution in [0.1, 0.15) is 15.9 Å². The summed E-state index contributed by atoms with van der Waals surface area (Å²) in [4.78, 5) is 11.9. The van der Waals surface area contributed by atoms with Gasteiger partial charge in [-0.15, -0.1) is 0 Å². The number of ketones is 1. The maximum absolute atomic E-state index is 11.9. The Labute approximate surface area is 101 Å². The first-order valence-electron chi connectivity index (χ1n) is 5.54. The average Bonchev–Trinajstić information content (AvgIpc) is 2.38. The number of hydrogen-bond acceptors (Lipinski definition) is 2. The van der Waals surface area contributed by atoms with Crippen molar-refractivity contribution in [2.75, 3.05) is 6.61 Å². The van der Waals surface area contributed by atoms with Gasteiger partial charge >= 0.3 is 0 Å². The van der Waals surface area contributed by atoms with Crippen LogP contribution in [-0.4, -0.2) is 12.4 Å². The molecule has 0 unspecified atom stereocenters. The molecule has 2 heteroatoms. The lowest BCUT2D eigenvalue weighted by Crippen LogP contribution is -2.12. The van der Waals surface area contributed by atoms with Crippen molar-refractivity contribution >= 4 is 5.78 Å². The van der Waals surface area contributed by atoms with Crippen LogP contribution in [0.2, 0.25) is 0 Å². The number of aryl methyl sites for hydroxylation is 1. The lowest BCUT2D eigenvalue weighted by atomic mass is 10.1. The molecular formula is C15H14O2. The number of carbonyl (C=O) groups is 1. The lowest BCUT2D eigenvalue weighted by Gasteiger charge is -2.06. The Hall–Kier alpha value is -2.09. The standard InChI is InChI=1S/C15H14O2/c1-12-7-5-6-10-14(12)15(16)11-17-13-8-3-2-4-9-13/h2-10H,11H2,1H3. The number of para-hydroxylation sites is 1. The predicted molar refractivity (Wildman–Crippen MR) is 67.4 cm³/mol. The van der Waals surface area contributed by atoms with Crippen molar-refractivity contribution in [3.05, 3.63) is 65.7 Å². The van der Waals surface area contributed by atoms with Gasteiger partial charge in [-0.1, -0.05) is 42.5 Å². The molecule has 2 nitrogen and oxygen atoms in total. The van der Waals surface area contributed by atoms with Crippen LogP contribution in [0.5, 0.6) is 5.75 Å². The highest BCUT2D eigenvalue weighted by Gasteiger charge is 2.08. The van der Waals surface area contributed by atoms with E-state index in [-0.39, 0.29) is 12.4 Å². The van der Waals surface area contributed by atoms with E-state index < -0.39 is 0 Å². The minimum atomic E-state index is 0.00644. The van der Waals surface area contributed by atoms with Gasteiger partial charge in [-0.3, -0.25) is 4.79 Å². The van der Waals surface area contributed by atoms with E-state index >= 15 is 0 Å². The first-order chi connectivity index (χ1) is 8.27. The summed E-state index contributed by atoms with van der Waals surface area (Å²) in [6.45, 7) is 2.00.